The van der Waals surface area contributed by atoms with Gasteiger partial charge in [-0.25, -0.2) is 4.79 Å². The molecule has 0 bridgehead atoms. The van der Waals surface area contributed by atoms with E-state index in [1.54, 1.807) is 103 Å². The van der Waals surface area contributed by atoms with Crippen molar-refractivity contribution in [2.75, 3.05) is 26.2 Å². The molecule has 0 unspecified atom stereocenters. The van der Waals surface area contributed by atoms with Crippen molar-refractivity contribution < 1.29 is 62.6 Å². The van der Waals surface area contributed by atoms with Gasteiger partial charge in [0.25, 0.3) is 0 Å². The van der Waals surface area contributed by atoms with Gasteiger partial charge in [-0.15, -0.1) is 0 Å². The van der Waals surface area contributed by atoms with Gasteiger partial charge in [0.1, 0.15) is 60.4 Å². The number of aliphatic carboxylic acids is 1. The Morgan fingerprint density at radius 2 is 0.733 bits per heavy atom. The molecular formula is C78H117N25O13. The monoisotopic (exact) mass is 1610 g/mol. The van der Waals surface area contributed by atoms with Gasteiger partial charge >= 0.3 is 5.97 Å². The number of nitrogens with one attached hydrogen (secondary N) is 19. The molecule has 3 heterocycles. The summed E-state index contributed by atoms with van der Waals surface area (Å²) in [7, 11) is 0. The van der Waals surface area contributed by atoms with E-state index in [2.05, 4.69) is 84.1 Å². The lowest BCUT2D eigenvalue weighted by atomic mass is 9.95. The molecule has 0 aliphatic rings. The summed E-state index contributed by atoms with van der Waals surface area (Å²) in [5.74, 6) is -13.6. The highest BCUT2D eigenvalue weighted by Gasteiger charge is 2.39. The number of aromatic amines is 3. The molecule has 116 heavy (non-hydrogen) atoms. The van der Waals surface area contributed by atoms with E-state index >= 15 is 24.0 Å². The van der Waals surface area contributed by atoms with E-state index < -0.39 is 156 Å². The molecule has 3 aromatic heterocycles. The number of carbonyl (C=O) groups is 12. The fourth-order valence-electron chi connectivity index (χ4n) is 13.2. The van der Waals surface area contributed by atoms with Crippen LogP contribution in [0.25, 0.3) is 32.7 Å². The number of primary amides is 1. The first-order valence-electron chi connectivity index (χ1n) is 39.1. The molecule has 6 rings (SSSR count). The van der Waals surface area contributed by atoms with Crippen molar-refractivity contribution in [2.45, 2.75) is 204 Å². The fourth-order valence-corrected chi connectivity index (χ4v) is 13.2. The number of carbonyl (C=O) groups excluding carboxylic acids is 11. The third-order valence-corrected chi connectivity index (χ3v) is 19.8. The summed E-state index contributed by atoms with van der Waals surface area (Å²) < 4.78 is 0. The second kappa shape index (κ2) is 46.1. The molecule has 6 aromatic rings. The maximum Gasteiger partial charge on any atom is 0.326 e. The molecule has 38 nitrogen and oxygen atoms in total. The third kappa shape index (κ3) is 29.2. The molecule has 0 saturated heterocycles. The van der Waals surface area contributed by atoms with Crippen LogP contribution in [-0.2, 0) is 76.8 Å². The molecule has 38 heteroatoms. The largest absolute Gasteiger partial charge is 0.480 e. The van der Waals surface area contributed by atoms with Crippen LogP contribution >= 0.6 is 0 Å². The van der Waals surface area contributed by atoms with Crippen molar-refractivity contribution in [1.29, 1.82) is 16.2 Å². The van der Waals surface area contributed by atoms with Crippen molar-refractivity contribution >= 4 is 122 Å². The lowest BCUT2D eigenvalue weighted by Gasteiger charge is -2.31. The Balaban J connectivity index is 1.31. The lowest BCUT2D eigenvalue weighted by Crippen LogP contribution is -2.62. The van der Waals surface area contributed by atoms with Gasteiger partial charge < -0.3 is 124 Å². The van der Waals surface area contributed by atoms with Gasteiger partial charge in [-0.2, -0.15) is 0 Å². The summed E-state index contributed by atoms with van der Waals surface area (Å²) >= 11 is 0. The van der Waals surface area contributed by atoms with E-state index in [9.17, 15) is 38.7 Å². The molecule has 0 saturated carbocycles. The van der Waals surface area contributed by atoms with Crippen LogP contribution in [0.4, 0.5) is 0 Å². The summed E-state index contributed by atoms with van der Waals surface area (Å²) in [5, 5.41) is 70.2. The number of aromatic nitrogens is 3. The minimum Gasteiger partial charge on any atom is -0.480 e. The summed E-state index contributed by atoms with van der Waals surface area (Å²) in [6.07, 6.45) is 5.29. The number of benzene rings is 3. The molecule has 0 spiro atoms. The Hall–Kier alpha value is -12.4. The average Bonchev–Trinajstić information content (AvgIpc) is 1.69. The maximum atomic E-state index is 15.4. The quantitative estimate of drug-likeness (QED) is 0.0123. The van der Waals surface area contributed by atoms with Crippen molar-refractivity contribution in [1.82, 2.24) is 84.1 Å². The van der Waals surface area contributed by atoms with Crippen molar-refractivity contribution in [3.63, 3.8) is 0 Å². The van der Waals surface area contributed by atoms with E-state index in [-0.39, 0.29) is 121 Å². The predicted octanol–water partition coefficient (Wildman–Crippen LogP) is -1.04. The number of hydrogen-bond donors (Lipinski definition) is 26. The number of hydrogen-bond acceptors (Lipinski definition) is 17. The molecule has 0 aliphatic heterocycles. The van der Waals surface area contributed by atoms with E-state index in [4.69, 9.17) is 50.6 Å². The first-order chi connectivity index (χ1) is 55.2. The molecule has 0 radical (unpaired) electrons. The Kier molecular flexibility index (Phi) is 36.8. The zero-order chi connectivity index (χ0) is 85.3. The fraction of sp³-hybridized carbons (Fsp3) is 0.500. The molecular weight excluding hydrogens is 1500 g/mol. The van der Waals surface area contributed by atoms with E-state index in [1.165, 1.54) is 0 Å². The molecule has 3 aromatic carbocycles. The van der Waals surface area contributed by atoms with Crippen molar-refractivity contribution in [3.8, 4) is 0 Å². The summed E-state index contributed by atoms with van der Waals surface area (Å²) in [6.45, 7) is 11.0. The van der Waals surface area contributed by atoms with E-state index in [0.29, 0.717) is 68.7 Å². The number of para-hydroxylation sites is 3. The molecule has 11 amide bonds. The molecule has 0 fully saturated rings. The second-order valence-electron chi connectivity index (χ2n) is 29.8. The summed E-state index contributed by atoms with van der Waals surface area (Å²) in [6, 6.07) is 5.95. The van der Waals surface area contributed by atoms with Gasteiger partial charge in [-0.1, -0.05) is 103 Å². The predicted molar refractivity (Wildman–Crippen MR) is 439 cm³/mol. The van der Waals surface area contributed by atoms with Crippen LogP contribution in [-0.4, -0.2) is 202 Å². The van der Waals surface area contributed by atoms with Gasteiger partial charge in [0.05, 0.1) is 12.5 Å². The Labute approximate surface area is 672 Å². The van der Waals surface area contributed by atoms with Crippen LogP contribution in [0.3, 0.4) is 0 Å². The van der Waals surface area contributed by atoms with Crippen LogP contribution in [0.2, 0.25) is 0 Å². The first kappa shape index (κ1) is 92.5. The SMILES string of the molecule is CC[C@H](C)[C@H](NC(=O)[C@H](Cc1c[nH]c2ccccc12)NC(=O)[C@H](CCCNC(=N)N)NC(=O)[C@H](CCCNC(=N)N)NC(=O)[C@@H](N)CCCNC(=N)N)C(=O)N[C@@H](Cc1c[nH]c2ccccc12)C(=O)N[C@H](C(=O)N[C@@H](CC(C)C)C(=O)N[C@@H](Cc1c[nH]c2ccccc12)C(=O)N[C@@H](CCCCN)C(=O)N[C@@H](CC(N)=O)C(=O)O)C(C)C. The minimum absolute atomic E-state index is 0.00478. The highest BCUT2D eigenvalue weighted by molar-refractivity contribution is 6.01. The Morgan fingerprint density at radius 1 is 0.405 bits per heavy atom. The topological polar surface area (TPSA) is 656 Å². The molecule has 632 valence electrons. The van der Waals surface area contributed by atoms with E-state index in [0.717, 1.165) is 0 Å². The minimum atomic E-state index is -1.74. The lowest BCUT2D eigenvalue weighted by molar-refractivity contribution is -0.143. The number of carboxylic acid groups (broad SMARTS) is 1. The van der Waals surface area contributed by atoms with Gasteiger partial charge in [0.15, 0.2) is 17.9 Å². The standard InChI is InChI=1S/C78H117N25O13/c1-7-43(6)64(103-72(112)59(35-45-39-92-52-24-12-9-20-48(45)52)97-67(107)56(28-18-32-90-78(86)87)95-66(106)55(27-17-31-89-77(84)85)94-65(105)50(80)22-16-30-88-76(82)83)74(114)100-60(36-46-40-93-53-25-13-10-21-49(46)53)71(111)102-63(42(4)5)73(113)99-57(33-41(2)3)69(109)98-58(34-44-38-91-51-23-11-8-19-47(44)51)70(110)96-54(26-14-15-29-79)68(108)101-61(75(115)116)37-62(81)104/h8-13,19-21,23-25,38-43,50,54-61,63-64,91-93H,7,14-18,22,26-37,79-80H2,1-6H3,(H2,81,104)(H,94,105)(H,95,106)(H,96,110)(H,97,107)(H,98,109)(H,99,113)(H,100,114)(H,101,108)(H,102,111)(H,103,112)(H,115,116)(H4,82,83,88)(H4,84,85,89)(H4,86,87,90)/t43-,50-,54-,55-,56-,57-,58-,59-,60-,61-,63-,64-/m0/s1. The average molecular weight is 1610 g/mol. The zero-order valence-corrected chi connectivity index (χ0v) is 66.5. The smallest absolute Gasteiger partial charge is 0.326 e. The number of unbranched alkanes of at least 4 members (excludes halogenated alkanes) is 1. The number of H-pyrrole nitrogens is 3. The van der Waals surface area contributed by atoms with Crippen LogP contribution in [0.15, 0.2) is 91.4 Å². The second-order valence-corrected chi connectivity index (χ2v) is 29.8. The molecule has 0 aliphatic carbocycles. The number of guanidine groups is 3. The highest BCUT2D eigenvalue weighted by atomic mass is 16.4. The number of amides is 11. The van der Waals surface area contributed by atoms with Gasteiger partial charge in [-0.3, -0.25) is 69.0 Å². The number of nitrogens with two attached hydrogens (primary N) is 6. The van der Waals surface area contributed by atoms with Crippen LogP contribution in [0.1, 0.15) is 135 Å². The summed E-state index contributed by atoms with van der Waals surface area (Å²) in [4.78, 5) is 182. The first-order valence-corrected chi connectivity index (χ1v) is 39.1. The Bertz CT molecular complexity index is 4380. The normalized spacial score (nSPS) is 14.4. The number of rotatable bonds is 50. The zero-order valence-electron chi connectivity index (χ0n) is 66.5. The molecule has 12 atom stereocenters. The van der Waals surface area contributed by atoms with E-state index in [1.807, 2.05) is 30.3 Å². The van der Waals surface area contributed by atoms with Gasteiger partial charge in [-0.05, 0) is 123 Å². The Morgan fingerprint density at radius 3 is 1.11 bits per heavy atom. The van der Waals surface area contributed by atoms with Gasteiger partial charge in [0, 0.05) is 90.2 Å². The van der Waals surface area contributed by atoms with Crippen molar-refractivity contribution in [2.24, 2.45) is 52.2 Å². The van der Waals surface area contributed by atoms with Crippen LogP contribution in [0, 0.1) is 34.0 Å². The maximum absolute atomic E-state index is 15.4. The molecule has 32 N–H and O–H groups in total. The van der Waals surface area contributed by atoms with Gasteiger partial charge in [0.2, 0.25) is 65.0 Å². The highest BCUT2D eigenvalue weighted by Crippen LogP contribution is 2.24. The third-order valence-electron chi connectivity index (χ3n) is 19.8. The van der Waals surface area contributed by atoms with Crippen LogP contribution < -0.4 is 104 Å². The summed E-state index contributed by atoms with van der Waals surface area (Å²) in [5.41, 5.74) is 37.7. The number of carboxylic acids is 1. The van der Waals surface area contributed by atoms with Crippen molar-refractivity contribution in [3.05, 3.63) is 108 Å². The number of fused-ring (bicyclic) bond motifs is 3. The van der Waals surface area contributed by atoms with Crippen LogP contribution in [0.5, 0.6) is 0 Å².